The minimum Gasteiger partial charge on any atom is -0.481 e. The normalized spacial score (nSPS) is 22.9. The highest BCUT2D eigenvalue weighted by Crippen LogP contribution is 2.18. The Morgan fingerprint density at radius 1 is 1.44 bits per heavy atom. The average molecular weight is 249 g/mol. The van der Waals surface area contributed by atoms with Crippen molar-refractivity contribution in [1.29, 1.82) is 0 Å². The lowest BCUT2D eigenvalue weighted by molar-refractivity contribution is -0.144. The van der Waals surface area contributed by atoms with E-state index in [4.69, 9.17) is 5.11 Å². The first-order valence-electron chi connectivity index (χ1n) is 5.07. The van der Waals surface area contributed by atoms with E-state index < -0.39 is 28.1 Å². The van der Waals surface area contributed by atoms with Crippen LogP contribution in [0.15, 0.2) is 0 Å². The molecule has 0 spiro atoms. The highest BCUT2D eigenvalue weighted by molar-refractivity contribution is 7.91. The first-order valence-corrected chi connectivity index (χ1v) is 6.89. The number of hydrogen-bond acceptors (Lipinski definition) is 4. The van der Waals surface area contributed by atoms with Crippen LogP contribution in [0.1, 0.15) is 19.8 Å². The van der Waals surface area contributed by atoms with Crippen molar-refractivity contribution in [3.05, 3.63) is 0 Å². The maximum absolute atomic E-state index is 11.5. The van der Waals surface area contributed by atoms with E-state index in [0.717, 1.165) is 0 Å². The minimum atomic E-state index is -3.05. The van der Waals surface area contributed by atoms with E-state index in [-0.39, 0.29) is 17.5 Å². The third-order valence-corrected chi connectivity index (χ3v) is 4.36. The van der Waals surface area contributed by atoms with Gasteiger partial charge in [-0.15, -0.1) is 0 Å². The minimum absolute atomic E-state index is 0.0494. The molecule has 0 aromatic rings. The summed E-state index contributed by atoms with van der Waals surface area (Å²) in [6.45, 7) is 2.05. The predicted molar refractivity (Wildman–Crippen MR) is 56.7 cm³/mol. The number of rotatable bonds is 4. The molecule has 0 aromatic heterocycles. The monoisotopic (exact) mass is 249 g/mol. The molecular weight excluding hydrogens is 234 g/mol. The molecule has 92 valence electrons. The third-order valence-electron chi connectivity index (χ3n) is 2.61. The topological polar surface area (TPSA) is 91.8 Å². The Bertz CT molecular complexity index is 389. The standard InChI is InChI=1S/C9H15NO5S/c1-2-10(8(11)5-9(12)13)7-3-4-16(14,15)6-7/h7H,2-6H2,1H3,(H,12,13). The number of carbonyl (C=O) groups excluding carboxylic acids is 1. The molecule has 1 aliphatic rings. The SMILES string of the molecule is CCN(C(=O)CC(=O)O)C1CCS(=O)(=O)C1. The van der Waals surface area contributed by atoms with Gasteiger partial charge in [-0.1, -0.05) is 0 Å². The molecule has 7 heteroatoms. The van der Waals surface area contributed by atoms with Gasteiger partial charge in [0.1, 0.15) is 6.42 Å². The van der Waals surface area contributed by atoms with Crippen molar-refractivity contribution in [2.75, 3.05) is 18.1 Å². The van der Waals surface area contributed by atoms with Gasteiger partial charge < -0.3 is 10.0 Å². The second-order valence-electron chi connectivity index (χ2n) is 3.81. The maximum Gasteiger partial charge on any atom is 0.312 e. The van der Waals surface area contributed by atoms with Crippen LogP contribution in [-0.4, -0.2) is 54.4 Å². The number of carboxylic acid groups (broad SMARTS) is 1. The van der Waals surface area contributed by atoms with Crippen molar-refractivity contribution < 1.29 is 23.1 Å². The fourth-order valence-corrected chi connectivity index (χ4v) is 3.62. The second-order valence-corrected chi connectivity index (χ2v) is 6.04. The zero-order valence-electron chi connectivity index (χ0n) is 9.05. The highest BCUT2D eigenvalue weighted by Gasteiger charge is 2.34. The Balaban J connectivity index is 2.69. The first-order chi connectivity index (χ1) is 7.35. The summed E-state index contributed by atoms with van der Waals surface area (Å²) in [5, 5.41) is 8.51. The lowest BCUT2D eigenvalue weighted by Gasteiger charge is -2.26. The molecule has 1 saturated heterocycles. The molecular formula is C9H15NO5S. The van der Waals surface area contributed by atoms with Crippen LogP contribution in [0, 0.1) is 0 Å². The first kappa shape index (κ1) is 13.0. The molecule has 6 nitrogen and oxygen atoms in total. The zero-order valence-corrected chi connectivity index (χ0v) is 9.87. The van der Waals surface area contributed by atoms with Gasteiger partial charge in [-0.3, -0.25) is 9.59 Å². The summed E-state index contributed by atoms with van der Waals surface area (Å²) in [5.74, 6) is -1.68. The lowest BCUT2D eigenvalue weighted by atomic mass is 10.2. The van der Waals surface area contributed by atoms with Crippen LogP contribution in [-0.2, 0) is 19.4 Å². The predicted octanol–water partition coefficient (Wildman–Crippen LogP) is -0.503. The Hall–Kier alpha value is -1.11. The summed E-state index contributed by atoms with van der Waals surface area (Å²) in [4.78, 5) is 23.3. The van der Waals surface area contributed by atoms with E-state index in [1.807, 2.05) is 0 Å². The Morgan fingerprint density at radius 3 is 2.44 bits per heavy atom. The summed E-state index contributed by atoms with van der Waals surface area (Å²) in [7, 11) is -3.05. The molecule has 0 aromatic carbocycles. The summed E-state index contributed by atoms with van der Waals surface area (Å²) < 4.78 is 22.5. The van der Waals surface area contributed by atoms with Crippen LogP contribution in [0.5, 0.6) is 0 Å². The number of nitrogens with zero attached hydrogens (tertiary/aromatic N) is 1. The molecule has 1 fully saturated rings. The van der Waals surface area contributed by atoms with Crippen LogP contribution >= 0.6 is 0 Å². The number of sulfone groups is 1. The lowest BCUT2D eigenvalue weighted by Crippen LogP contribution is -2.41. The van der Waals surface area contributed by atoms with E-state index in [1.54, 1.807) is 6.92 Å². The number of amides is 1. The smallest absolute Gasteiger partial charge is 0.312 e. The number of hydrogen-bond donors (Lipinski definition) is 1. The van der Waals surface area contributed by atoms with Crippen LogP contribution in [0.25, 0.3) is 0 Å². The van der Waals surface area contributed by atoms with Gasteiger partial charge in [0.25, 0.3) is 0 Å². The van der Waals surface area contributed by atoms with Gasteiger partial charge in [-0.05, 0) is 13.3 Å². The molecule has 1 amide bonds. The van der Waals surface area contributed by atoms with Gasteiger partial charge in [0, 0.05) is 12.6 Å². The van der Waals surface area contributed by atoms with Crippen molar-refractivity contribution in [3.63, 3.8) is 0 Å². The molecule has 1 aliphatic heterocycles. The molecule has 0 radical (unpaired) electrons. The number of carboxylic acids is 1. The molecule has 0 saturated carbocycles. The molecule has 1 N–H and O–H groups in total. The van der Waals surface area contributed by atoms with E-state index in [9.17, 15) is 18.0 Å². The van der Waals surface area contributed by atoms with E-state index in [2.05, 4.69) is 0 Å². The van der Waals surface area contributed by atoms with E-state index in [0.29, 0.717) is 13.0 Å². The molecule has 1 heterocycles. The van der Waals surface area contributed by atoms with Crippen LogP contribution in [0.4, 0.5) is 0 Å². The van der Waals surface area contributed by atoms with Crippen molar-refractivity contribution in [2.45, 2.75) is 25.8 Å². The Kier molecular flexibility index (Phi) is 3.90. The molecule has 0 bridgehead atoms. The van der Waals surface area contributed by atoms with Gasteiger partial charge in [-0.25, -0.2) is 8.42 Å². The summed E-state index contributed by atoms with van der Waals surface area (Å²) in [6, 6.07) is -0.359. The zero-order chi connectivity index (χ0) is 12.3. The fraction of sp³-hybridized carbons (Fsp3) is 0.778. The van der Waals surface area contributed by atoms with E-state index in [1.165, 1.54) is 4.90 Å². The third kappa shape index (κ3) is 3.19. The molecule has 1 rings (SSSR count). The van der Waals surface area contributed by atoms with Crippen molar-refractivity contribution in [3.8, 4) is 0 Å². The summed E-state index contributed by atoms with van der Waals surface area (Å²) in [5.41, 5.74) is 0. The van der Waals surface area contributed by atoms with Crippen molar-refractivity contribution in [1.82, 2.24) is 4.90 Å². The van der Waals surface area contributed by atoms with Gasteiger partial charge in [-0.2, -0.15) is 0 Å². The maximum atomic E-state index is 11.5. The summed E-state index contributed by atoms with van der Waals surface area (Å²) >= 11 is 0. The fourth-order valence-electron chi connectivity index (χ4n) is 1.89. The van der Waals surface area contributed by atoms with E-state index >= 15 is 0 Å². The van der Waals surface area contributed by atoms with Crippen LogP contribution < -0.4 is 0 Å². The average Bonchev–Trinajstić information content (AvgIpc) is 2.46. The molecule has 16 heavy (non-hydrogen) atoms. The largest absolute Gasteiger partial charge is 0.481 e. The van der Waals surface area contributed by atoms with Crippen LogP contribution in [0.2, 0.25) is 0 Å². The molecule has 0 aliphatic carbocycles. The Labute approximate surface area is 94.2 Å². The molecule has 1 atom stereocenters. The number of carbonyl (C=O) groups is 2. The second kappa shape index (κ2) is 4.82. The van der Waals surface area contributed by atoms with Crippen LogP contribution in [0.3, 0.4) is 0 Å². The molecule has 1 unspecified atom stereocenters. The van der Waals surface area contributed by atoms with Gasteiger partial charge in [0.15, 0.2) is 9.84 Å². The quantitative estimate of drug-likeness (QED) is 0.678. The summed E-state index contributed by atoms with van der Waals surface area (Å²) in [6.07, 6.45) is -0.175. The Morgan fingerprint density at radius 2 is 2.06 bits per heavy atom. The van der Waals surface area contributed by atoms with Gasteiger partial charge in [0.05, 0.1) is 11.5 Å². The van der Waals surface area contributed by atoms with Gasteiger partial charge >= 0.3 is 5.97 Å². The number of aliphatic carboxylic acids is 1. The highest BCUT2D eigenvalue weighted by atomic mass is 32.2. The van der Waals surface area contributed by atoms with Crippen molar-refractivity contribution >= 4 is 21.7 Å². The van der Waals surface area contributed by atoms with Crippen molar-refractivity contribution in [2.24, 2.45) is 0 Å². The van der Waals surface area contributed by atoms with Gasteiger partial charge in [0.2, 0.25) is 5.91 Å².